The first kappa shape index (κ1) is 10.8. The number of hydrogen-bond acceptors (Lipinski definition) is 3. The zero-order valence-electron chi connectivity index (χ0n) is 10.4. The molecule has 4 heteroatoms. The molecule has 0 amide bonds. The molecule has 1 aromatic carbocycles. The summed E-state index contributed by atoms with van der Waals surface area (Å²) in [6.07, 6.45) is 3.89. The van der Waals surface area contributed by atoms with Crippen LogP contribution >= 0.6 is 0 Å². The van der Waals surface area contributed by atoms with Crippen LogP contribution in [0.2, 0.25) is 0 Å². The fraction of sp³-hybridized carbons (Fsp3) is 0.143. The van der Waals surface area contributed by atoms with Gasteiger partial charge >= 0.3 is 6.01 Å². The lowest BCUT2D eigenvalue weighted by Gasteiger charge is -2.10. The first-order valence-corrected chi connectivity index (χ1v) is 5.78. The Bertz CT molecular complexity index is 638. The highest BCUT2D eigenvalue weighted by atomic mass is 16.4. The normalized spacial score (nSPS) is 10.8. The van der Waals surface area contributed by atoms with E-state index in [2.05, 4.69) is 9.88 Å². The Labute approximate surface area is 105 Å². The standard InChI is InChI=1S/C14H14N3O/c1-16(2)11-7-9-17(10-8-11)14-15-12-5-3-4-6-13(12)18-14/h3-10H,1-2H3/q+1. The maximum Gasteiger partial charge on any atom is 0.509 e. The molecule has 0 radical (unpaired) electrons. The average Bonchev–Trinajstić information content (AvgIpc) is 2.82. The van der Waals surface area contributed by atoms with Crippen molar-refractivity contribution < 1.29 is 8.98 Å². The highest BCUT2D eigenvalue weighted by Crippen LogP contribution is 2.15. The number of pyridine rings is 1. The van der Waals surface area contributed by atoms with Gasteiger partial charge in [-0.15, -0.1) is 0 Å². The molecule has 3 aromatic rings. The van der Waals surface area contributed by atoms with Gasteiger partial charge in [0.1, 0.15) is 12.4 Å². The van der Waals surface area contributed by atoms with Gasteiger partial charge in [0.25, 0.3) is 0 Å². The van der Waals surface area contributed by atoms with Gasteiger partial charge in [-0.25, -0.2) is 0 Å². The van der Waals surface area contributed by atoms with Crippen molar-refractivity contribution in [3.8, 4) is 6.01 Å². The number of rotatable bonds is 2. The molecule has 3 rings (SSSR count). The van der Waals surface area contributed by atoms with Crippen molar-refractivity contribution >= 4 is 16.8 Å². The maximum atomic E-state index is 5.69. The highest BCUT2D eigenvalue weighted by Gasteiger charge is 2.16. The Kier molecular flexibility index (Phi) is 2.48. The van der Waals surface area contributed by atoms with Crippen LogP contribution in [0.4, 0.5) is 5.69 Å². The Morgan fingerprint density at radius 2 is 1.78 bits per heavy atom. The van der Waals surface area contributed by atoms with E-state index in [1.807, 2.05) is 67.5 Å². The third-order valence-corrected chi connectivity index (χ3v) is 2.83. The molecule has 0 saturated heterocycles. The van der Waals surface area contributed by atoms with E-state index in [9.17, 15) is 0 Å². The molecule has 0 saturated carbocycles. The molecule has 90 valence electrons. The van der Waals surface area contributed by atoms with Crippen LogP contribution in [0.1, 0.15) is 0 Å². The van der Waals surface area contributed by atoms with E-state index in [1.165, 1.54) is 0 Å². The van der Waals surface area contributed by atoms with Crippen LogP contribution in [-0.2, 0) is 0 Å². The number of fused-ring (bicyclic) bond motifs is 1. The SMILES string of the molecule is CN(C)c1cc[n+](-c2nc3ccccc3o2)cc1. The summed E-state index contributed by atoms with van der Waals surface area (Å²) in [5.41, 5.74) is 2.82. The summed E-state index contributed by atoms with van der Waals surface area (Å²) >= 11 is 0. The number of oxazole rings is 1. The Balaban J connectivity index is 2.03. The van der Waals surface area contributed by atoms with E-state index in [4.69, 9.17) is 4.42 Å². The van der Waals surface area contributed by atoms with Crippen molar-refractivity contribution in [3.63, 3.8) is 0 Å². The zero-order chi connectivity index (χ0) is 12.5. The lowest BCUT2D eigenvalue weighted by Crippen LogP contribution is -2.30. The number of anilines is 1. The molecule has 0 aliphatic rings. The second-order valence-electron chi connectivity index (χ2n) is 4.32. The van der Waals surface area contributed by atoms with Crippen LogP contribution in [0.5, 0.6) is 0 Å². The minimum Gasteiger partial charge on any atom is -0.384 e. The van der Waals surface area contributed by atoms with Gasteiger partial charge in [0, 0.05) is 36.9 Å². The molecule has 18 heavy (non-hydrogen) atoms. The van der Waals surface area contributed by atoms with Crippen molar-refractivity contribution in [1.82, 2.24) is 4.98 Å². The van der Waals surface area contributed by atoms with Crippen LogP contribution < -0.4 is 9.47 Å². The van der Waals surface area contributed by atoms with Crippen molar-refractivity contribution in [2.45, 2.75) is 0 Å². The van der Waals surface area contributed by atoms with Gasteiger partial charge < -0.3 is 9.32 Å². The van der Waals surface area contributed by atoms with Crippen LogP contribution in [-0.4, -0.2) is 19.1 Å². The van der Waals surface area contributed by atoms with Crippen molar-refractivity contribution in [3.05, 3.63) is 48.8 Å². The number of aromatic nitrogens is 2. The van der Waals surface area contributed by atoms with E-state index in [-0.39, 0.29) is 0 Å². The number of benzene rings is 1. The molecule has 0 aliphatic heterocycles. The smallest absolute Gasteiger partial charge is 0.384 e. The van der Waals surface area contributed by atoms with E-state index in [1.54, 1.807) is 0 Å². The van der Waals surface area contributed by atoms with Gasteiger partial charge in [-0.2, -0.15) is 4.57 Å². The Morgan fingerprint density at radius 1 is 1.06 bits per heavy atom. The largest absolute Gasteiger partial charge is 0.509 e. The van der Waals surface area contributed by atoms with Crippen LogP contribution in [0.3, 0.4) is 0 Å². The fourth-order valence-corrected chi connectivity index (χ4v) is 1.81. The average molecular weight is 240 g/mol. The summed E-state index contributed by atoms with van der Waals surface area (Å²) in [5.74, 6) is 0. The molecule has 2 aromatic heterocycles. The summed E-state index contributed by atoms with van der Waals surface area (Å²) < 4.78 is 7.56. The van der Waals surface area contributed by atoms with Crippen molar-refractivity contribution in [1.29, 1.82) is 0 Å². The third kappa shape index (κ3) is 1.82. The van der Waals surface area contributed by atoms with Gasteiger partial charge in [0.15, 0.2) is 5.58 Å². The molecule has 0 aliphatic carbocycles. The molecule has 0 N–H and O–H groups in total. The van der Waals surface area contributed by atoms with Gasteiger partial charge in [0.05, 0.1) is 0 Å². The summed E-state index contributed by atoms with van der Waals surface area (Å²) in [6, 6.07) is 12.4. The molecule has 4 nitrogen and oxygen atoms in total. The fourth-order valence-electron chi connectivity index (χ4n) is 1.81. The van der Waals surface area contributed by atoms with E-state index in [0.29, 0.717) is 6.01 Å². The molecular weight excluding hydrogens is 226 g/mol. The van der Waals surface area contributed by atoms with Gasteiger partial charge in [-0.3, -0.25) is 0 Å². The summed E-state index contributed by atoms with van der Waals surface area (Å²) in [5, 5.41) is 0. The molecule has 2 heterocycles. The van der Waals surface area contributed by atoms with Gasteiger partial charge in [0.2, 0.25) is 5.52 Å². The zero-order valence-corrected chi connectivity index (χ0v) is 10.4. The van der Waals surface area contributed by atoms with Crippen molar-refractivity contribution in [2.24, 2.45) is 0 Å². The maximum absolute atomic E-state index is 5.69. The monoisotopic (exact) mass is 240 g/mol. The molecule has 0 bridgehead atoms. The molecular formula is C14H14N3O+. The minimum absolute atomic E-state index is 0.585. The third-order valence-electron chi connectivity index (χ3n) is 2.83. The summed E-state index contributed by atoms with van der Waals surface area (Å²) in [7, 11) is 4.03. The number of nitrogens with zero attached hydrogens (tertiary/aromatic N) is 3. The first-order chi connectivity index (χ1) is 8.74. The lowest BCUT2D eigenvalue weighted by atomic mass is 10.3. The Morgan fingerprint density at radius 3 is 2.44 bits per heavy atom. The van der Waals surface area contributed by atoms with Crippen LogP contribution in [0.25, 0.3) is 17.1 Å². The van der Waals surface area contributed by atoms with Crippen LogP contribution in [0.15, 0.2) is 53.2 Å². The number of hydrogen-bond donors (Lipinski definition) is 0. The van der Waals surface area contributed by atoms with Gasteiger partial charge in [-0.05, 0) is 12.1 Å². The van der Waals surface area contributed by atoms with E-state index < -0.39 is 0 Å². The molecule has 0 atom stereocenters. The predicted molar refractivity (Wildman–Crippen MR) is 69.9 cm³/mol. The molecule has 0 unspecified atom stereocenters. The Hall–Kier alpha value is -2.36. The van der Waals surface area contributed by atoms with E-state index in [0.717, 1.165) is 16.8 Å². The first-order valence-electron chi connectivity index (χ1n) is 5.78. The van der Waals surface area contributed by atoms with E-state index >= 15 is 0 Å². The summed E-state index contributed by atoms with van der Waals surface area (Å²) in [6.45, 7) is 0. The lowest BCUT2D eigenvalue weighted by molar-refractivity contribution is -0.612. The second-order valence-corrected chi connectivity index (χ2v) is 4.32. The van der Waals surface area contributed by atoms with Gasteiger partial charge in [-0.1, -0.05) is 12.1 Å². The number of para-hydroxylation sites is 2. The van der Waals surface area contributed by atoms with Crippen LogP contribution in [0, 0.1) is 0 Å². The predicted octanol–water partition coefficient (Wildman–Crippen LogP) is 2.17. The second kappa shape index (κ2) is 4.14. The highest BCUT2D eigenvalue weighted by molar-refractivity contribution is 5.72. The molecule has 0 spiro atoms. The van der Waals surface area contributed by atoms with Crippen molar-refractivity contribution in [2.75, 3.05) is 19.0 Å². The molecule has 0 fully saturated rings. The minimum atomic E-state index is 0.585. The quantitative estimate of drug-likeness (QED) is 0.644. The summed E-state index contributed by atoms with van der Waals surface area (Å²) in [4.78, 5) is 6.49. The topological polar surface area (TPSA) is 33.2 Å².